The molecule has 0 spiro atoms. The Balaban J connectivity index is 1.63. The monoisotopic (exact) mass is 507 g/mol. The molecule has 0 aromatic rings. The summed E-state index contributed by atoms with van der Waals surface area (Å²) in [5.41, 5.74) is 4.68. The summed E-state index contributed by atoms with van der Waals surface area (Å²) < 4.78 is 6.29. The van der Waals surface area contributed by atoms with Crippen molar-refractivity contribution in [2.45, 2.75) is 109 Å². The molecule has 0 heterocycles. The average Bonchev–Trinajstić information content (AvgIpc) is 3.18. The number of aliphatic hydroxyl groups is 2. The lowest BCUT2D eigenvalue weighted by Crippen LogP contribution is -2.63. The number of ketones is 1. The van der Waals surface area contributed by atoms with Gasteiger partial charge >= 0.3 is 5.97 Å². The van der Waals surface area contributed by atoms with Crippen LogP contribution < -0.4 is 5.73 Å². The lowest BCUT2D eigenvalue weighted by molar-refractivity contribution is -0.205. The molecule has 0 aromatic heterocycles. The number of carbonyl (C=O) groups excluding carboxylic acids is 2. The Bertz CT molecular complexity index is 851. The number of hydrogen-bond donors (Lipinski definition) is 3. The van der Waals surface area contributed by atoms with Gasteiger partial charge in [-0.2, -0.15) is 0 Å². The number of nitrogens with two attached hydrogens (primary N) is 1. The van der Waals surface area contributed by atoms with Crippen molar-refractivity contribution in [2.75, 3.05) is 5.75 Å². The number of carbonyl (C=O) groups is 2. The van der Waals surface area contributed by atoms with E-state index in [1.807, 2.05) is 13.0 Å². The van der Waals surface area contributed by atoms with Crippen molar-refractivity contribution >= 4 is 23.5 Å². The van der Waals surface area contributed by atoms with Gasteiger partial charge < -0.3 is 20.7 Å². The zero-order chi connectivity index (χ0) is 25.8. The first-order valence-electron chi connectivity index (χ1n) is 13.5. The van der Waals surface area contributed by atoms with E-state index in [4.69, 9.17) is 10.5 Å². The van der Waals surface area contributed by atoms with Crippen molar-refractivity contribution in [3.63, 3.8) is 0 Å². The van der Waals surface area contributed by atoms with Gasteiger partial charge in [-0.25, -0.2) is 0 Å². The summed E-state index contributed by atoms with van der Waals surface area (Å²) in [5.74, 6) is 0.0243. The van der Waals surface area contributed by atoms with E-state index >= 15 is 0 Å². The van der Waals surface area contributed by atoms with Gasteiger partial charge in [0.05, 0.1) is 18.0 Å². The largest absolute Gasteiger partial charge is 0.461 e. The van der Waals surface area contributed by atoms with Crippen LogP contribution >= 0.6 is 11.8 Å². The van der Waals surface area contributed by atoms with Gasteiger partial charge in [0.2, 0.25) is 0 Å². The predicted molar refractivity (Wildman–Crippen MR) is 139 cm³/mol. The van der Waals surface area contributed by atoms with Crippen LogP contribution in [0.5, 0.6) is 0 Å². The lowest BCUT2D eigenvalue weighted by Gasteiger charge is -2.61. The van der Waals surface area contributed by atoms with Crippen molar-refractivity contribution < 1.29 is 24.5 Å². The lowest BCUT2D eigenvalue weighted by atomic mass is 9.44. The SMILES string of the molecule is C=C[C@]1(C)C[C@@H](OC(=O)CS[C@@H]2C[C@H](N)CC[C@H]2O)[C@]2(C)[C@H](C)CC[C@]3(CCC(=O)[C@H]32)[C@@H](C)[C@@H]1O. The van der Waals surface area contributed by atoms with Gasteiger partial charge in [-0.1, -0.05) is 33.8 Å². The van der Waals surface area contributed by atoms with Crippen molar-refractivity contribution in [2.24, 2.45) is 39.7 Å². The van der Waals surface area contributed by atoms with Crippen LogP contribution in [0.2, 0.25) is 0 Å². The Hall–Kier alpha value is -0.890. The van der Waals surface area contributed by atoms with E-state index in [-0.39, 0.29) is 52.0 Å². The second kappa shape index (κ2) is 9.77. The highest BCUT2D eigenvalue weighted by molar-refractivity contribution is 8.00. The van der Waals surface area contributed by atoms with Crippen LogP contribution in [-0.2, 0) is 14.3 Å². The molecule has 0 radical (unpaired) electrons. The fourth-order valence-corrected chi connectivity index (χ4v) is 9.35. The molecule has 0 saturated heterocycles. The van der Waals surface area contributed by atoms with Gasteiger partial charge in [0.1, 0.15) is 11.9 Å². The molecule has 198 valence electrons. The Morgan fingerprint density at radius 3 is 2.63 bits per heavy atom. The van der Waals surface area contributed by atoms with Crippen LogP contribution in [0, 0.1) is 34.0 Å². The third-order valence-electron chi connectivity index (χ3n) is 10.8. The van der Waals surface area contributed by atoms with E-state index in [1.165, 1.54) is 11.8 Å². The summed E-state index contributed by atoms with van der Waals surface area (Å²) in [5, 5.41) is 21.9. The van der Waals surface area contributed by atoms with Crippen LogP contribution in [0.25, 0.3) is 0 Å². The second-order valence-electron chi connectivity index (χ2n) is 12.6. The van der Waals surface area contributed by atoms with Crippen LogP contribution in [0.3, 0.4) is 0 Å². The van der Waals surface area contributed by atoms with Gasteiger partial charge in [-0.15, -0.1) is 18.3 Å². The molecule has 4 saturated carbocycles. The Morgan fingerprint density at radius 2 is 1.94 bits per heavy atom. The molecule has 4 N–H and O–H groups in total. The molecule has 0 amide bonds. The molecule has 0 unspecified atom stereocenters. The molecule has 4 aliphatic carbocycles. The maximum atomic E-state index is 13.5. The van der Waals surface area contributed by atoms with Crippen molar-refractivity contribution in [1.29, 1.82) is 0 Å². The third kappa shape index (κ3) is 4.42. The Labute approximate surface area is 214 Å². The maximum absolute atomic E-state index is 13.5. The molecule has 7 heteroatoms. The first kappa shape index (κ1) is 27.2. The number of esters is 1. The molecule has 4 aliphatic rings. The second-order valence-corrected chi connectivity index (χ2v) is 13.8. The fraction of sp³-hybridized carbons (Fsp3) is 0.857. The molecule has 6 nitrogen and oxygen atoms in total. The van der Waals surface area contributed by atoms with E-state index in [9.17, 15) is 19.8 Å². The summed E-state index contributed by atoms with van der Waals surface area (Å²) in [4.78, 5) is 26.7. The molecule has 4 fully saturated rings. The molecular formula is C28H45NO5S. The van der Waals surface area contributed by atoms with E-state index < -0.39 is 29.1 Å². The molecule has 0 aromatic carbocycles. The van der Waals surface area contributed by atoms with Gasteiger partial charge in [0, 0.05) is 34.5 Å². The molecule has 11 atom stereocenters. The smallest absolute Gasteiger partial charge is 0.316 e. The summed E-state index contributed by atoms with van der Waals surface area (Å²) in [6.07, 6.45) is 5.99. The normalized spacial score (nSPS) is 50.1. The number of aliphatic hydroxyl groups excluding tert-OH is 2. The molecule has 35 heavy (non-hydrogen) atoms. The molecule has 4 rings (SSSR count). The minimum absolute atomic E-state index is 0.0435. The summed E-state index contributed by atoms with van der Waals surface area (Å²) in [6, 6.07) is 0.0535. The Kier molecular flexibility index (Phi) is 7.58. The van der Waals surface area contributed by atoms with Gasteiger partial charge in [0.25, 0.3) is 0 Å². The van der Waals surface area contributed by atoms with E-state index in [1.54, 1.807) is 0 Å². The van der Waals surface area contributed by atoms with Crippen LogP contribution in [-0.4, -0.2) is 57.3 Å². The molecule has 2 bridgehead atoms. The fourth-order valence-electron chi connectivity index (χ4n) is 8.19. The number of rotatable bonds is 5. The molecule has 0 aliphatic heterocycles. The minimum Gasteiger partial charge on any atom is -0.461 e. The third-order valence-corrected chi connectivity index (χ3v) is 12.1. The quantitative estimate of drug-likeness (QED) is 0.383. The summed E-state index contributed by atoms with van der Waals surface area (Å²) in [7, 11) is 0. The average molecular weight is 508 g/mol. The summed E-state index contributed by atoms with van der Waals surface area (Å²) in [6.45, 7) is 12.5. The first-order valence-corrected chi connectivity index (χ1v) is 14.5. The van der Waals surface area contributed by atoms with Crippen LogP contribution in [0.4, 0.5) is 0 Å². The topological polar surface area (TPSA) is 110 Å². The first-order chi connectivity index (χ1) is 16.4. The summed E-state index contributed by atoms with van der Waals surface area (Å²) >= 11 is 1.42. The number of hydrogen-bond acceptors (Lipinski definition) is 7. The molecular weight excluding hydrogens is 462 g/mol. The van der Waals surface area contributed by atoms with E-state index in [0.29, 0.717) is 25.7 Å². The number of ether oxygens (including phenoxy) is 1. The Morgan fingerprint density at radius 1 is 1.23 bits per heavy atom. The zero-order valence-corrected chi connectivity index (χ0v) is 22.7. The highest BCUT2D eigenvalue weighted by atomic mass is 32.2. The minimum atomic E-state index is -0.666. The van der Waals surface area contributed by atoms with Gasteiger partial charge in [-0.05, 0) is 62.2 Å². The zero-order valence-electron chi connectivity index (χ0n) is 21.9. The van der Waals surface area contributed by atoms with Crippen LogP contribution in [0.15, 0.2) is 12.7 Å². The highest BCUT2D eigenvalue weighted by Gasteiger charge is 2.68. The van der Waals surface area contributed by atoms with E-state index in [2.05, 4.69) is 27.4 Å². The standard InChI is InChI=1S/C28H45NO5S/c1-6-26(4)14-22(34-23(32)15-35-21-13-18(29)7-8-19(21)30)27(5)16(2)9-11-28(17(3)25(26)33)12-10-20(31)24(27)28/h6,16-19,21-22,24-25,30,33H,1,7-15,29H2,2-5H3/t16-,17+,18-,19-,21-,22-,24+,25+,26-,27+,28+/m1/s1. The van der Waals surface area contributed by atoms with Crippen molar-refractivity contribution in [3.05, 3.63) is 12.7 Å². The van der Waals surface area contributed by atoms with Crippen molar-refractivity contribution in [1.82, 2.24) is 0 Å². The number of Topliss-reactive ketones (excluding diaryl/α,β-unsaturated/α-hetero) is 1. The van der Waals surface area contributed by atoms with E-state index in [0.717, 1.165) is 25.7 Å². The van der Waals surface area contributed by atoms with Crippen molar-refractivity contribution in [3.8, 4) is 0 Å². The highest BCUT2D eigenvalue weighted by Crippen LogP contribution is 2.68. The van der Waals surface area contributed by atoms with Crippen LogP contribution in [0.1, 0.15) is 79.1 Å². The number of thioether (sulfide) groups is 1. The van der Waals surface area contributed by atoms with Gasteiger partial charge in [-0.3, -0.25) is 9.59 Å². The predicted octanol–water partition coefficient (Wildman–Crippen LogP) is 3.87. The van der Waals surface area contributed by atoms with Gasteiger partial charge in [0.15, 0.2) is 0 Å². The maximum Gasteiger partial charge on any atom is 0.316 e.